The lowest BCUT2D eigenvalue weighted by molar-refractivity contribution is -0.170. The number of hydrogen-bond acceptors (Lipinski definition) is 4. The first-order valence-corrected chi connectivity index (χ1v) is 8.42. The summed E-state index contributed by atoms with van der Waals surface area (Å²) in [4.78, 5) is 27.1. The summed E-state index contributed by atoms with van der Waals surface area (Å²) in [5.41, 5.74) is -2.19. The lowest BCUT2D eigenvalue weighted by atomic mass is 9.79. The van der Waals surface area contributed by atoms with Gasteiger partial charge in [-0.2, -0.15) is 0 Å². The van der Waals surface area contributed by atoms with Gasteiger partial charge in [0.15, 0.2) is 0 Å². The third kappa shape index (κ3) is 4.61. The van der Waals surface area contributed by atoms with Crippen molar-refractivity contribution in [3.63, 3.8) is 0 Å². The Kier molecular flexibility index (Phi) is 5.44. The highest BCUT2D eigenvalue weighted by molar-refractivity contribution is 5.87. The Labute approximate surface area is 140 Å². The summed E-state index contributed by atoms with van der Waals surface area (Å²) in [6, 6.07) is 0. The van der Waals surface area contributed by atoms with E-state index < -0.39 is 22.8 Å². The SMILES string of the molecule is CC(C)C1CCN(C(=O)OC(C)(C)C)C1(C)C(=O)OC(C)(C)C. The van der Waals surface area contributed by atoms with Gasteiger partial charge in [0.1, 0.15) is 16.7 Å². The fourth-order valence-corrected chi connectivity index (χ4v) is 3.20. The molecule has 0 bridgehead atoms. The molecule has 0 aliphatic carbocycles. The number of esters is 1. The maximum absolute atomic E-state index is 12.9. The van der Waals surface area contributed by atoms with Crippen LogP contribution in [-0.4, -0.2) is 40.2 Å². The van der Waals surface area contributed by atoms with Crippen LogP contribution in [0.25, 0.3) is 0 Å². The highest BCUT2D eigenvalue weighted by atomic mass is 16.6. The molecular weight excluding hydrogens is 294 g/mol. The molecule has 5 nitrogen and oxygen atoms in total. The van der Waals surface area contributed by atoms with Crippen LogP contribution in [0.1, 0.15) is 68.7 Å². The predicted molar refractivity (Wildman–Crippen MR) is 90.1 cm³/mol. The molecule has 1 heterocycles. The number of nitrogens with zero attached hydrogens (tertiary/aromatic N) is 1. The van der Waals surface area contributed by atoms with Crippen LogP contribution < -0.4 is 0 Å². The molecule has 0 saturated carbocycles. The summed E-state index contributed by atoms with van der Waals surface area (Å²) in [5.74, 6) is -0.0446. The highest BCUT2D eigenvalue weighted by Crippen LogP contribution is 2.41. The fraction of sp³-hybridized carbons (Fsp3) is 0.889. The zero-order chi connectivity index (χ0) is 18.2. The Balaban J connectivity index is 3.15. The molecule has 1 aliphatic rings. The van der Waals surface area contributed by atoms with Gasteiger partial charge in [0.05, 0.1) is 0 Å². The quantitative estimate of drug-likeness (QED) is 0.719. The predicted octanol–water partition coefficient (Wildman–Crippen LogP) is 4.00. The van der Waals surface area contributed by atoms with Gasteiger partial charge in [-0.1, -0.05) is 13.8 Å². The topological polar surface area (TPSA) is 55.8 Å². The van der Waals surface area contributed by atoms with Crippen LogP contribution in [-0.2, 0) is 14.3 Å². The van der Waals surface area contributed by atoms with E-state index in [1.54, 1.807) is 4.90 Å². The summed E-state index contributed by atoms with van der Waals surface area (Å²) in [5, 5.41) is 0. The molecule has 2 atom stereocenters. The van der Waals surface area contributed by atoms with Crippen LogP contribution in [0.2, 0.25) is 0 Å². The number of carbonyl (C=O) groups excluding carboxylic acids is 2. The van der Waals surface area contributed by atoms with Gasteiger partial charge in [0.2, 0.25) is 0 Å². The second-order valence-corrected chi connectivity index (χ2v) is 8.92. The molecule has 1 amide bonds. The van der Waals surface area contributed by atoms with Gasteiger partial charge >= 0.3 is 12.1 Å². The van der Waals surface area contributed by atoms with Crippen molar-refractivity contribution in [2.24, 2.45) is 11.8 Å². The molecule has 1 fully saturated rings. The van der Waals surface area contributed by atoms with E-state index in [1.807, 2.05) is 48.5 Å². The van der Waals surface area contributed by atoms with Crippen molar-refractivity contribution >= 4 is 12.1 Å². The summed E-state index contributed by atoms with van der Waals surface area (Å²) >= 11 is 0. The van der Waals surface area contributed by atoms with E-state index in [0.29, 0.717) is 6.54 Å². The first-order valence-electron chi connectivity index (χ1n) is 8.42. The third-order valence-corrected chi connectivity index (χ3v) is 4.18. The molecule has 5 heteroatoms. The lowest BCUT2D eigenvalue weighted by Gasteiger charge is -2.40. The Hall–Kier alpha value is -1.26. The van der Waals surface area contributed by atoms with E-state index in [4.69, 9.17) is 9.47 Å². The number of carbonyl (C=O) groups is 2. The molecule has 0 spiro atoms. The largest absolute Gasteiger partial charge is 0.458 e. The van der Waals surface area contributed by atoms with Crippen molar-refractivity contribution in [1.29, 1.82) is 0 Å². The molecule has 0 N–H and O–H groups in total. The third-order valence-electron chi connectivity index (χ3n) is 4.18. The van der Waals surface area contributed by atoms with Crippen LogP contribution >= 0.6 is 0 Å². The minimum absolute atomic E-state index is 0.0462. The summed E-state index contributed by atoms with van der Waals surface area (Å²) in [7, 11) is 0. The number of ether oxygens (including phenoxy) is 2. The number of rotatable bonds is 2. The number of amides is 1. The number of hydrogen-bond donors (Lipinski definition) is 0. The van der Waals surface area contributed by atoms with Crippen LogP contribution in [0.3, 0.4) is 0 Å². The molecule has 1 saturated heterocycles. The van der Waals surface area contributed by atoms with Crippen molar-refractivity contribution in [3.05, 3.63) is 0 Å². The van der Waals surface area contributed by atoms with E-state index in [0.717, 1.165) is 6.42 Å². The molecule has 0 radical (unpaired) electrons. The van der Waals surface area contributed by atoms with Crippen molar-refractivity contribution in [2.75, 3.05) is 6.54 Å². The Morgan fingerprint density at radius 3 is 1.91 bits per heavy atom. The normalized spacial score (nSPS) is 25.7. The van der Waals surface area contributed by atoms with E-state index in [9.17, 15) is 9.59 Å². The van der Waals surface area contributed by atoms with Gasteiger partial charge < -0.3 is 9.47 Å². The minimum Gasteiger partial charge on any atom is -0.458 e. The zero-order valence-electron chi connectivity index (χ0n) is 16.1. The van der Waals surface area contributed by atoms with Gasteiger partial charge in [-0.15, -0.1) is 0 Å². The fourth-order valence-electron chi connectivity index (χ4n) is 3.20. The van der Waals surface area contributed by atoms with Gasteiger partial charge in [0, 0.05) is 6.54 Å². The molecule has 0 aromatic carbocycles. The van der Waals surface area contributed by atoms with Crippen LogP contribution in [0, 0.1) is 11.8 Å². The standard InChI is InChI=1S/C18H33NO4/c1-12(2)13-10-11-19(15(21)23-17(6,7)8)18(13,9)14(20)22-16(3,4)5/h12-13H,10-11H2,1-9H3. The molecule has 1 rings (SSSR count). The molecule has 2 unspecified atom stereocenters. The molecule has 1 aliphatic heterocycles. The first-order chi connectivity index (χ1) is 10.2. The van der Waals surface area contributed by atoms with Crippen LogP contribution in [0.5, 0.6) is 0 Å². The molecule has 23 heavy (non-hydrogen) atoms. The maximum Gasteiger partial charge on any atom is 0.411 e. The minimum atomic E-state index is -0.996. The van der Waals surface area contributed by atoms with Gasteiger partial charge in [0.25, 0.3) is 0 Å². The summed E-state index contributed by atoms with van der Waals surface area (Å²) in [6.45, 7) is 17.5. The van der Waals surface area contributed by atoms with Crippen molar-refractivity contribution in [1.82, 2.24) is 4.90 Å². The maximum atomic E-state index is 12.9. The highest BCUT2D eigenvalue weighted by Gasteiger charge is 2.56. The molecule has 134 valence electrons. The van der Waals surface area contributed by atoms with Gasteiger partial charge in [-0.05, 0) is 66.7 Å². The van der Waals surface area contributed by atoms with Crippen molar-refractivity contribution in [2.45, 2.75) is 85.5 Å². The van der Waals surface area contributed by atoms with Crippen LogP contribution in [0.15, 0.2) is 0 Å². The Morgan fingerprint density at radius 2 is 1.52 bits per heavy atom. The lowest BCUT2D eigenvalue weighted by Crippen LogP contribution is -2.58. The average molecular weight is 327 g/mol. The van der Waals surface area contributed by atoms with Crippen molar-refractivity contribution < 1.29 is 19.1 Å². The van der Waals surface area contributed by atoms with Gasteiger partial charge in [-0.3, -0.25) is 4.90 Å². The smallest absolute Gasteiger partial charge is 0.411 e. The number of likely N-dealkylation sites (tertiary alicyclic amines) is 1. The second-order valence-electron chi connectivity index (χ2n) is 8.92. The van der Waals surface area contributed by atoms with E-state index >= 15 is 0 Å². The molecule has 0 aromatic heterocycles. The first kappa shape index (κ1) is 19.8. The van der Waals surface area contributed by atoms with Gasteiger partial charge in [-0.25, -0.2) is 9.59 Å². The molecular formula is C18H33NO4. The molecule has 0 aromatic rings. The monoisotopic (exact) mass is 327 g/mol. The second kappa shape index (κ2) is 6.33. The summed E-state index contributed by atoms with van der Waals surface area (Å²) < 4.78 is 11.1. The summed E-state index contributed by atoms with van der Waals surface area (Å²) in [6.07, 6.45) is 0.320. The Morgan fingerprint density at radius 1 is 1.04 bits per heavy atom. The van der Waals surface area contributed by atoms with E-state index in [-0.39, 0.29) is 17.8 Å². The van der Waals surface area contributed by atoms with E-state index in [2.05, 4.69) is 13.8 Å². The van der Waals surface area contributed by atoms with Crippen LogP contribution in [0.4, 0.5) is 4.79 Å². The Bertz CT molecular complexity index is 459. The average Bonchev–Trinajstić information content (AvgIpc) is 2.63. The van der Waals surface area contributed by atoms with E-state index in [1.165, 1.54) is 0 Å². The van der Waals surface area contributed by atoms with Crippen molar-refractivity contribution in [3.8, 4) is 0 Å². The zero-order valence-corrected chi connectivity index (χ0v) is 16.1.